The molecule has 5 nitrogen and oxygen atoms in total. The van der Waals surface area contributed by atoms with Crippen molar-refractivity contribution in [3.8, 4) is 11.1 Å². The average Bonchev–Trinajstić information content (AvgIpc) is 2.98. The predicted molar refractivity (Wildman–Crippen MR) is 107 cm³/mol. The van der Waals surface area contributed by atoms with Gasteiger partial charge in [0.05, 0.1) is 10.6 Å². The molecule has 0 amide bonds. The highest BCUT2D eigenvalue weighted by Gasteiger charge is 2.23. The van der Waals surface area contributed by atoms with Crippen molar-refractivity contribution >= 4 is 15.9 Å². The number of nitrogens with one attached hydrogen (secondary N) is 1. The van der Waals surface area contributed by atoms with Gasteiger partial charge in [0, 0.05) is 11.1 Å². The molecule has 1 aromatic heterocycles. The van der Waals surface area contributed by atoms with E-state index in [1.807, 2.05) is 30.3 Å². The molecule has 2 aromatic carbocycles. The maximum Gasteiger partial charge on any atom is 0.264 e. The van der Waals surface area contributed by atoms with Crippen LogP contribution in [-0.4, -0.2) is 13.6 Å². The molecule has 6 heteroatoms. The van der Waals surface area contributed by atoms with Gasteiger partial charge in [0.15, 0.2) is 0 Å². The van der Waals surface area contributed by atoms with Crippen LogP contribution in [0.1, 0.15) is 36.6 Å². The highest BCUT2D eigenvalue weighted by molar-refractivity contribution is 7.92. The summed E-state index contributed by atoms with van der Waals surface area (Å²) >= 11 is 0. The Morgan fingerprint density at radius 3 is 2.33 bits per heavy atom. The van der Waals surface area contributed by atoms with Gasteiger partial charge in [0.2, 0.25) is 5.88 Å². The van der Waals surface area contributed by atoms with E-state index in [9.17, 15) is 8.42 Å². The molecule has 0 aliphatic heterocycles. The van der Waals surface area contributed by atoms with Crippen LogP contribution in [0.4, 0.5) is 5.88 Å². The van der Waals surface area contributed by atoms with Crippen LogP contribution in [0.15, 0.2) is 57.9 Å². The summed E-state index contributed by atoms with van der Waals surface area (Å²) in [4.78, 5) is 0.224. The third-order valence-corrected chi connectivity index (χ3v) is 6.06. The van der Waals surface area contributed by atoms with Gasteiger partial charge in [-0.1, -0.05) is 61.0 Å². The van der Waals surface area contributed by atoms with Gasteiger partial charge in [-0.3, -0.25) is 0 Å². The number of unbranched alkanes of at least 4 members (excludes halogenated alkanes) is 1. The van der Waals surface area contributed by atoms with E-state index in [0.29, 0.717) is 16.8 Å². The number of hydrogen-bond acceptors (Lipinski definition) is 4. The Hall–Kier alpha value is -2.60. The van der Waals surface area contributed by atoms with Gasteiger partial charge in [-0.15, -0.1) is 0 Å². The topological polar surface area (TPSA) is 72.2 Å². The number of hydrogen-bond donors (Lipinski definition) is 1. The lowest BCUT2D eigenvalue weighted by Gasteiger charge is -2.14. The fourth-order valence-electron chi connectivity index (χ4n) is 2.98. The molecule has 1 heterocycles. The smallest absolute Gasteiger partial charge is 0.264 e. The maximum absolute atomic E-state index is 13.1. The number of nitrogens with zero attached hydrogens (tertiary/aromatic N) is 1. The van der Waals surface area contributed by atoms with Gasteiger partial charge in [-0.2, -0.15) is 0 Å². The first kappa shape index (κ1) is 19.2. The fraction of sp³-hybridized carbons (Fsp3) is 0.286. The van der Waals surface area contributed by atoms with E-state index in [1.165, 1.54) is 0 Å². The number of benzene rings is 2. The molecular weight excluding hydrogens is 360 g/mol. The molecule has 0 radical (unpaired) electrons. The minimum Gasteiger partial charge on any atom is -0.337 e. The second-order valence-corrected chi connectivity index (χ2v) is 8.24. The summed E-state index contributed by atoms with van der Waals surface area (Å²) in [5, 5.41) is 3.82. The third kappa shape index (κ3) is 4.06. The van der Waals surface area contributed by atoms with Crippen LogP contribution in [0.25, 0.3) is 11.1 Å². The summed E-state index contributed by atoms with van der Waals surface area (Å²) in [6, 6.07) is 15.0. The highest BCUT2D eigenvalue weighted by atomic mass is 32.2. The normalized spacial score (nSPS) is 11.5. The minimum absolute atomic E-state index is 0.154. The van der Waals surface area contributed by atoms with Gasteiger partial charge < -0.3 is 4.52 Å². The van der Waals surface area contributed by atoms with Gasteiger partial charge in [-0.25, -0.2) is 13.1 Å². The Balaban J connectivity index is 2.06. The Morgan fingerprint density at radius 1 is 1.00 bits per heavy atom. The second kappa shape index (κ2) is 7.96. The first-order chi connectivity index (χ1) is 12.9. The van der Waals surface area contributed by atoms with E-state index in [1.54, 1.807) is 26.0 Å². The molecule has 3 aromatic rings. The second-order valence-electron chi connectivity index (χ2n) is 6.58. The van der Waals surface area contributed by atoms with Gasteiger partial charge in [0.1, 0.15) is 0 Å². The van der Waals surface area contributed by atoms with Crippen LogP contribution in [0.5, 0.6) is 0 Å². The molecule has 0 saturated heterocycles. The Kier molecular flexibility index (Phi) is 5.65. The van der Waals surface area contributed by atoms with E-state index in [-0.39, 0.29) is 10.8 Å². The minimum atomic E-state index is -3.82. The van der Waals surface area contributed by atoms with Crippen LogP contribution < -0.4 is 4.72 Å². The first-order valence-corrected chi connectivity index (χ1v) is 10.6. The van der Waals surface area contributed by atoms with E-state index >= 15 is 0 Å². The van der Waals surface area contributed by atoms with E-state index in [4.69, 9.17) is 4.52 Å². The maximum atomic E-state index is 13.1. The SMILES string of the molecule is CCCCc1ccccc1-c1ccccc1S(=O)(=O)Nc1onc(C)c1C. The van der Waals surface area contributed by atoms with E-state index < -0.39 is 10.0 Å². The zero-order valence-electron chi connectivity index (χ0n) is 15.8. The number of anilines is 1. The molecule has 0 bridgehead atoms. The van der Waals surface area contributed by atoms with E-state index in [0.717, 1.165) is 30.4 Å². The Bertz CT molecular complexity index is 1040. The molecule has 0 spiro atoms. The summed E-state index contributed by atoms with van der Waals surface area (Å²) in [5.74, 6) is 0.154. The zero-order valence-corrected chi connectivity index (χ0v) is 16.6. The lowest BCUT2D eigenvalue weighted by Crippen LogP contribution is -2.14. The summed E-state index contributed by atoms with van der Waals surface area (Å²) in [6.07, 6.45) is 3.05. The largest absolute Gasteiger partial charge is 0.337 e. The summed E-state index contributed by atoms with van der Waals surface area (Å²) < 4.78 is 33.8. The fourth-order valence-corrected chi connectivity index (χ4v) is 4.25. The van der Waals surface area contributed by atoms with Crippen molar-refractivity contribution in [3.05, 3.63) is 65.4 Å². The van der Waals surface area contributed by atoms with Crippen molar-refractivity contribution in [1.82, 2.24) is 5.16 Å². The molecule has 3 rings (SSSR count). The number of aromatic nitrogens is 1. The Morgan fingerprint density at radius 2 is 1.67 bits per heavy atom. The van der Waals surface area contributed by atoms with Crippen LogP contribution in [-0.2, 0) is 16.4 Å². The molecule has 0 atom stereocenters. The highest BCUT2D eigenvalue weighted by Crippen LogP contribution is 2.32. The van der Waals surface area contributed by atoms with Crippen molar-refractivity contribution in [1.29, 1.82) is 0 Å². The Labute approximate surface area is 160 Å². The lowest BCUT2D eigenvalue weighted by atomic mass is 9.96. The molecule has 0 aliphatic carbocycles. The molecule has 0 aliphatic rings. The van der Waals surface area contributed by atoms with Gasteiger partial charge in [-0.05, 0) is 43.9 Å². The van der Waals surface area contributed by atoms with Crippen LogP contribution in [0.3, 0.4) is 0 Å². The number of aryl methyl sites for hydroxylation is 2. The van der Waals surface area contributed by atoms with Gasteiger partial charge >= 0.3 is 0 Å². The summed E-state index contributed by atoms with van der Waals surface area (Å²) in [7, 11) is -3.82. The van der Waals surface area contributed by atoms with Crippen LogP contribution in [0.2, 0.25) is 0 Å². The van der Waals surface area contributed by atoms with Gasteiger partial charge in [0.25, 0.3) is 10.0 Å². The van der Waals surface area contributed by atoms with Crippen molar-refractivity contribution in [2.45, 2.75) is 44.9 Å². The molecule has 0 unspecified atom stereocenters. The number of rotatable bonds is 7. The summed E-state index contributed by atoms with van der Waals surface area (Å²) in [5.41, 5.74) is 4.11. The molecule has 1 N–H and O–H groups in total. The van der Waals surface area contributed by atoms with Crippen LogP contribution in [0, 0.1) is 13.8 Å². The third-order valence-electron chi connectivity index (χ3n) is 4.67. The van der Waals surface area contributed by atoms with Crippen molar-refractivity contribution in [2.75, 3.05) is 4.72 Å². The average molecular weight is 385 g/mol. The standard InChI is InChI=1S/C21H24N2O3S/c1-4-5-10-17-11-6-7-12-18(17)19-13-8-9-14-20(19)27(24,25)23-21-15(2)16(3)22-26-21/h6-9,11-14,23H,4-5,10H2,1-3H3. The van der Waals surface area contributed by atoms with Crippen molar-refractivity contribution < 1.29 is 12.9 Å². The van der Waals surface area contributed by atoms with E-state index in [2.05, 4.69) is 22.9 Å². The summed E-state index contributed by atoms with van der Waals surface area (Å²) in [6.45, 7) is 5.69. The predicted octanol–water partition coefficient (Wildman–Crippen LogP) is 5.10. The monoisotopic (exact) mass is 384 g/mol. The molecule has 27 heavy (non-hydrogen) atoms. The zero-order chi connectivity index (χ0) is 19.4. The molecule has 0 fully saturated rings. The molecule has 142 valence electrons. The molecule has 0 saturated carbocycles. The molecular formula is C21H24N2O3S. The number of sulfonamides is 1. The quantitative estimate of drug-likeness (QED) is 0.615. The van der Waals surface area contributed by atoms with Crippen LogP contribution >= 0.6 is 0 Å². The first-order valence-electron chi connectivity index (χ1n) is 9.07. The van der Waals surface area contributed by atoms with Crippen molar-refractivity contribution in [2.24, 2.45) is 0 Å². The lowest BCUT2D eigenvalue weighted by molar-refractivity contribution is 0.430. The van der Waals surface area contributed by atoms with Crippen molar-refractivity contribution in [3.63, 3.8) is 0 Å².